The minimum Gasteiger partial charge on any atom is -0.478 e. The van der Waals surface area contributed by atoms with Crippen molar-refractivity contribution in [2.75, 3.05) is 0 Å². The van der Waals surface area contributed by atoms with E-state index in [1.165, 1.54) is 41.3 Å². The molecule has 0 fully saturated rings. The van der Waals surface area contributed by atoms with Gasteiger partial charge in [-0.3, -0.25) is 25.2 Å². The van der Waals surface area contributed by atoms with Crippen LogP contribution in [0.4, 0.5) is 4.39 Å². The number of thiophene rings is 1. The van der Waals surface area contributed by atoms with Crippen molar-refractivity contribution in [3.8, 4) is 5.75 Å². The highest BCUT2D eigenvalue weighted by Gasteiger charge is 2.21. The smallest absolute Gasteiger partial charge is 0.279 e. The van der Waals surface area contributed by atoms with Crippen LogP contribution in [0, 0.1) is 5.82 Å². The van der Waals surface area contributed by atoms with Crippen molar-refractivity contribution in [1.82, 2.24) is 20.8 Å². The van der Waals surface area contributed by atoms with E-state index in [2.05, 4.69) is 20.8 Å². The third kappa shape index (κ3) is 4.58. The van der Waals surface area contributed by atoms with Gasteiger partial charge in [0.25, 0.3) is 11.5 Å². The Bertz CT molecular complexity index is 1210. The number of hydrazine groups is 1. The molecule has 1 aliphatic rings. The Morgan fingerprint density at radius 2 is 2.10 bits per heavy atom. The van der Waals surface area contributed by atoms with Crippen molar-refractivity contribution >= 4 is 33.4 Å². The van der Waals surface area contributed by atoms with Crippen LogP contribution in [-0.4, -0.2) is 27.9 Å². The normalized spacial score (nSPS) is 13.6. The van der Waals surface area contributed by atoms with Crippen LogP contribution in [0.2, 0.25) is 0 Å². The molecule has 1 atom stereocenters. The molecule has 0 spiro atoms. The molecule has 3 aromatic rings. The summed E-state index contributed by atoms with van der Waals surface area (Å²) < 4.78 is 18.9. The number of para-hydroxylation sites is 1. The lowest BCUT2D eigenvalue weighted by molar-refractivity contribution is -0.132. The quantitative estimate of drug-likeness (QED) is 0.505. The maximum atomic E-state index is 13.6. The number of carbonyl (C=O) groups excluding carboxylic acids is 2. The van der Waals surface area contributed by atoms with E-state index in [0.29, 0.717) is 16.0 Å². The Kier molecular flexibility index (Phi) is 5.99. The molecular formula is C21H21FN4O4S. The summed E-state index contributed by atoms with van der Waals surface area (Å²) >= 11 is 1.54. The van der Waals surface area contributed by atoms with Gasteiger partial charge >= 0.3 is 0 Å². The second-order valence-corrected chi connectivity index (χ2v) is 8.36. The van der Waals surface area contributed by atoms with Gasteiger partial charge in [-0.2, -0.15) is 0 Å². The van der Waals surface area contributed by atoms with Crippen molar-refractivity contribution in [2.45, 2.75) is 45.1 Å². The first-order chi connectivity index (χ1) is 14.9. The summed E-state index contributed by atoms with van der Waals surface area (Å²) in [4.78, 5) is 45.8. The van der Waals surface area contributed by atoms with Crippen molar-refractivity contribution in [1.29, 1.82) is 0 Å². The lowest BCUT2D eigenvalue weighted by Crippen LogP contribution is -2.47. The fraction of sp³-hybridized carbons (Fsp3) is 0.333. The number of hydrogen-bond acceptors (Lipinski definition) is 6. The molecular weight excluding hydrogens is 423 g/mol. The zero-order valence-corrected chi connectivity index (χ0v) is 17.6. The summed E-state index contributed by atoms with van der Waals surface area (Å²) in [6.07, 6.45) is 2.17. The highest BCUT2D eigenvalue weighted by atomic mass is 32.1. The fourth-order valence-electron chi connectivity index (χ4n) is 3.48. The molecule has 4 rings (SSSR count). The van der Waals surface area contributed by atoms with E-state index in [-0.39, 0.29) is 24.2 Å². The number of ether oxygens (including phenoxy) is 1. The third-order valence-corrected chi connectivity index (χ3v) is 6.23. The number of nitrogens with one attached hydrogen (secondary N) is 3. The fourth-order valence-corrected chi connectivity index (χ4v) is 4.76. The largest absolute Gasteiger partial charge is 0.478 e. The number of halogens is 1. The molecule has 3 N–H and O–H groups in total. The lowest BCUT2D eigenvalue weighted by Gasteiger charge is -2.15. The highest BCUT2D eigenvalue weighted by molar-refractivity contribution is 7.18. The molecule has 0 bridgehead atoms. The molecule has 1 aliphatic carbocycles. The predicted octanol–water partition coefficient (Wildman–Crippen LogP) is 2.16. The van der Waals surface area contributed by atoms with Gasteiger partial charge in [0.2, 0.25) is 5.91 Å². The van der Waals surface area contributed by atoms with E-state index < -0.39 is 23.7 Å². The van der Waals surface area contributed by atoms with Crippen LogP contribution in [0.1, 0.15) is 36.0 Å². The Morgan fingerprint density at radius 1 is 1.29 bits per heavy atom. The summed E-state index contributed by atoms with van der Waals surface area (Å²) in [6.45, 7) is 1.44. The Morgan fingerprint density at radius 3 is 2.90 bits per heavy atom. The second-order valence-electron chi connectivity index (χ2n) is 7.28. The molecule has 2 aromatic heterocycles. The Hall–Kier alpha value is -3.27. The van der Waals surface area contributed by atoms with Gasteiger partial charge < -0.3 is 9.72 Å². The molecule has 8 nitrogen and oxygen atoms in total. The van der Waals surface area contributed by atoms with E-state index >= 15 is 0 Å². The minimum atomic E-state index is -1.02. The third-order valence-electron chi connectivity index (χ3n) is 5.05. The molecule has 1 unspecified atom stereocenters. The van der Waals surface area contributed by atoms with Gasteiger partial charge in [-0.15, -0.1) is 11.3 Å². The van der Waals surface area contributed by atoms with Gasteiger partial charge in [-0.25, -0.2) is 9.37 Å². The monoisotopic (exact) mass is 444 g/mol. The molecule has 2 heterocycles. The summed E-state index contributed by atoms with van der Waals surface area (Å²) in [5.74, 6) is -1.29. The number of aromatic nitrogens is 2. The molecule has 10 heteroatoms. The number of aromatic amines is 1. The first kappa shape index (κ1) is 21.0. The molecule has 31 heavy (non-hydrogen) atoms. The second kappa shape index (κ2) is 8.84. The number of amides is 2. The SMILES string of the molecule is CC(Oc1ccccc1F)C(=O)NNC(=O)CCc1nc2sc3c(c2c(=O)[nH]1)CCC3. The van der Waals surface area contributed by atoms with Gasteiger partial charge in [0.15, 0.2) is 17.7 Å². The molecule has 0 saturated heterocycles. The summed E-state index contributed by atoms with van der Waals surface area (Å²) in [5.41, 5.74) is 5.47. The molecule has 1 aromatic carbocycles. The molecule has 2 amide bonds. The number of aryl methyl sites for hydroxylation is 3. The number of H-pyrrole nitrogens is 1. The molecule has 0 aliphatic heterocycles. The highest BCUT2D eigenvalue weighted by Crippen LogP contribution is 2.34. The number of fused-ring (bicyclic) bond motifs is 3. The number of hydrogen-bond donors (Lipinski definition) is 3. The van der Waals surface area contributed by atoms with Gasteiger partial charge in [0.05, 0.1) is 5.39 Å². The predicted molar refractivity (Wildman–Crippen MR) is 113 cm³/mol. The van der Waals surface area contributed by atoms with Crippen LogP contribution in [-0.2, 0) is 28.9 Å². The average Bonchev–Trinajstić information content (AvgIpc) is 3.33. The average molecular weight is 444 g/mol. The van der Waals surface area contributed by atoms with Crippen molar-refractivity contribution in [3.05, 3.63) is 56.7 Å². The first-order valence-electron chi connectivity index (χ1n) is 9.95. The Balaban J connectivity index is 1.29. The van der Waals surface area contributed by atoms with Crippen LogP contribution >= 0.6 is 11.3 Å². The van der Waals surface area contributed by atoms with Gasteiger partial charge in [-0.05, 0) is 43.9 Å². The van der Waals surface area contributed by atoms with Gasteiger partial charge in [0.1, 0.15) is 10.7 Å². The maximum Gasteiger partial charge on any atom is 0.279 e. The van der Waals surface area contributed by atoms with Crippen LogP contribution in [0.15, 0.2) is 29.1 Å². The zero-order valence-electron chi connectivity index (χ0n) is 16.8. The van der Waals surface area contributed by atoms with E-state index in [4.69, 9.17) is 4.74 Å². The summed E-state index contributed by atoms with van der Waals surface area (Å²) in [6, 6.07) is 5.73. The van der Waals surface area contributed by atoms with E-state index in [1.807, 2.05) is 0 Å². The number of benzene rings is 1. The lowest BCUT2D eigenvalue weighted by atomic mass is 10.2. The van der Waals surface area contributed by atoms with E-state index in [0.717, 1.165) is 24.8 Å². The van der Waals surface area contributed by atoms with E-state index in [1.54, 1.807) is 6.07 Å². The summed E-state index contributed by atoms with van der Waals surface area (Å²) in [7, 11) is 0. The van der Waals surface area contributed by atoms with Crippen molar-refractivity contribution in [2.24, 2.45) is 0 Å². The minimum absolute atomic E-state index is 0.0162. The van der Waals surface area contributed by atoms with Crippen LogP contribution < -0.4 is 21.1 Å². The maximum absolute atomic E-state index is 13.6. The summed E-state index contributed by atoms with van der Waals surface area (Å²) in [5, 5.41) is 0.668. The van der Waals surface area contributed by atoms with Crippen molar-refractivity contribution in [3.63, 3.8) is 0 Å². The molecule has 162 valence electrons. The van der Waals surface area contributed by atoms with Gasteiger partial charge in [-0.1, -0.05) is 12.1 Å². The van der Waals surface area contributed by atoms with Crippen molar-refractivity contribution < 1.29 is 18.7 Å². The number of carbonyl (C=O) groups is 2. The molecule has 0 saturated carbocycles. The van der Waals surface area contributed by atoms with Crippen LogP contribution in [0.5, 0.6) is 5.75 Å². The van der Waals surface area contributed by atoms with E-state index in [9.17, 15) is 18.8 Å². The zero-order chi connectivity index (χ0) is 22.0. The Labute approximate surface area is 180 Å². The van der Waals surface area contributed by atoms with Gasteiger partial charge in [0, 0.05) is 17.7 Å². The van der Waals surface area contributed by atoms with Crippen LogP contribution in [0.25, 0.3) is 10.2 Å². The number of nitrogens with zero attached hydrogens (tertiary/aromatic N) is 1. The first-order valence-corrected chi connectivity index (χ1v) is 10.8. The topological polar surface area (TPSA) is 113 Å². The molecule has 0 radical (unpaired) electrons. The van der Waals surface area contributed by atoms with Crippen LogP contribution in [0.3, 0.4) is 0 Å². The standard InChI is InChI=1S/C21H21FN4O4S/c1-11(30-14-7-3-2-6-13(14)22)19(28)26-25-17(27)10-9-16-23-20(29)18-12-5-4-8-15(12)31-21(18)24-16/h2-3,6-7,11H,4-5,8-10H2,1H3,(H,25,27)(H,26,28)(H,23,24,29). The number of rotatable bonds is 6.